The van der Waals surface area contributed by atoms with E-state index in [1.807, 2.05) is 0 Å². The smallest absolute Gasteiger partial charge is 0.173 e. The minimum absolute atomic E-state index is 0.115. The van der Waals surface area contributed by atoms with Crippen molar-refractivity contribution in [2.45, 2.75) is 6.92 Å². The zero-order valence-electron chi connectivity index (χ0n) is 13.2. The summed E-state index contributed by atoms with van der Waals surface area (Å²) in [5.74, 6) is -4.21. The summed E-state index contributed by atoms with van der Waals surface area (Å²) in [6, 6.07) is 5.97. The Hall–Kier alpha value is -3.27. The van der Waals surface area contributed by atoms with Crippen molar-refractivity contribution in [1.29, 1.82) is 5.26 Å². The van der Waals surface area contributed by atoms with Gasteiger partial charge in [-0.15, -0.1) is 0 Å². The normalized spacial score (nSPS) is 10.1. The number of anilines is 2. The van der Waals surface area contributed by atoms with E-state index < -0.39 is 29.0 Å². The first-order valence-corrected chi connectivity index (χ1v) is 7.00. The molecule has 0 amide bonds. The monoisotopic (exact) mass is 347 g/mol. The van der Waals surface area contributed by atoms with Crippen LogP contribution in [0.4, 0.5) is 28.9 Å². The molecule has 0 saturated heterocycles. The summed E-state index contributed by atoms with van der Waals surface area (Å²) in [7, 11) is 0. The molecule has 0 unspecified atom stereocenters. The fraction of sp³-hybridized carbons (Fsp3) is 0.0556. The van der Waals surface area contributed by atoms with Crippen molar-refractivity contribution in [1.82, 2.24) is 0 Å². The molecule has 0 aliphatic rings. The Labute approximate surface area is 141 Å². The van der Waals surface area contributed by atoms with Gasteiger partial charge in [-0.3, -0.25) is 0 Å². The molecule has 0 radical (unpaired) electrons. The lowest BCUT2D eigenvalue weighted by molar-refractivity contribution is 0.505. The highest BCUT2D eigenvalue weighted by Gasteiger charge is 2.17. The Bertz CT molecular complexity index is 914. The first kappa shape index (κ1) is 18.1. The van der Waals surface area contributed by atoms with Gasteiger partial charge in [0.05, 0.1) is 5.69 Å². The van der Waals surface area contributed by atoms with Crippen LogP contribution in [0.2, 0.25) is 0 Å². The molecule has 0 atom stereocenters. The molecule has 0 bridgehead atoms. The lowest BCUT2D eigenvalue weighted by Crippen LogP contribution is -2.07. The first-order valence-electron chi connectivity index (χ1n) is 7.00. The maximum absolute atomic E-state index is 14.4. The van der Waals surface area contributed by atoms with Crippen LogP contribution in [0, 0.1) is 41.5 Å². The Morgan fingerprint density at radius 3 is 2.32 bits per heavy atom. The maximum Gasteiger partial charge on any atom is 0.173 e. The quantitative estimate of drug-likeness (QED) is 0.585. The Morgan fingerprint density at radius 1 is 1.00 bits per heavy atom. The van der Waals surface area contributed by atoms with Gasteiger partial charge in [-0.25, -0.2) is 17.6 Å². The summed E-state index contributed by atoms with van der Waals surface area (Å²) >= 11 is 0. The summed E-state index contributed by atoms with van der Waals surface area (Å²) < 4.78 is 55.6. The molecule has 128 valence electrons. The van der Waals surface area contributed by atoms with Crippen LogP contribution in [-0.4, -0.2) is 0 Å². The van der Waals surface area contributed by atoms with Gasteiger partial charge in [-0.2, -0.15) is 5.26 Å². The number of nitriles is 1. The lowest BCUT2D eigenvalue weighted by atomic mass is 10.1. The number of nitrogens with zero attached hydrogens (tertiary/aromatic N) is 1. The molecule has 2 aromatic rings. The van der Waals surface area contributed by atoms with Gasteiger partial charge in [0.25, 0.3) is 0 Å². The van der Waals surface area contributed by atoms with E-state index in [2.05, 4.69) is 23.8 Å². The van der Waals surface area contributed by atoms with Crippen molar-refractivity contribution in [2.75, 3.05) is 10.6 Å². The fourth-order valence-corrected chi connectivity index (χ4v) is 2.12. The summed E-state index contributed by atoms with van der Waals surface area (Å²) in [5.41, 5.74) is -0.946. The molecule has 0 saturated carbocycles. The van der Waals surface area contributed by atoms with Crippen LogP contribution in [-0.2, 0) is 0 Å². The van der Waals surface area contributed by atoms with Crippen molar-refractivity contribution in [2.24, 2.45) is 0 Å². The van der Waals surface area contributed by atoms with E-state index in [9.17, 15) is 17.6 Å². The zero-order valence-corrected chi connectivity index (χ0v) is 13.2. The summed E-state index contributed by atoms with van der Waals surface area (Å²) in [4.78, 5) is 0. The Kier molecular flexibility index (Phi) is 5.13. The number of benzene rings is 2. The third-order valence-electron chi connectivity index (χ3n) is 3.29. The standard InChI is InChI=1S/C18H13F4N3/c1-9-6-12(16(21)14(20)7-9)11(3)25-15-5-4-13(19)18(17(15)22)24-10(2)8-23/h4-7,24-25H,2-3H2,1H3. The highest BCUT2D eigenvalue weighted by Crippen LogP contribution is 2.30. The lowest BCUT2D eigenvalue weighted by Gasteiger charge is -2.15. The van der Waals surface area contributed by atoms with E-state index in [1.165, 1.54) is 6.07 Å². The molecule has 2 rings (SSSR count). The third-order valence-corrected chi connectivity index (χ3v) is 3.29. The van der Waals surface area contributed by atoms with E-state index in [-0.39, 0.29) is 22.6 Å². The van der Waals surface area contributed by atoms with Gasteiger partial charge < -0.3 is 10.6 Å². The highest BCUT2D eigenvalue weighted by atomic mass is 19.2. The summed E-state index contributed by atoms with van der Waals surface area (Å²) in [5, 5.41) is 13.3. The molecule has 0 aliphatic heterocycles. The van der Waals surface area contributed by atoms with Gasteiger partial charge in [-0.1, -0.05) is 13.2 Å². The molecule has 0 spiro atoms. The second-order valence-corrected chi connectivity index (χ2v) is 5.21. The van der Waals surface area contributed by atoms with E-state index in [4.69, 9.17) is 5.26 Å². The molecule has 0 fully saturated rings. The van der Waals surface area contributed by atoms with Crippen LogP contribution in [0.1, 0.15) is 11.1 Å². The minimum atomic E-state index is -1.14. The molecule has 25 heavy (non-hydrogen) atoms. The zero-order chi connectivity index (χ0) is 18.7. The predicted octanol–water partition coefficient (Wildman–Crippen LogP) is 5.08. The predicted molar refractivity (Wildman–Crippen MR) is 88.5 cm³/mol. The van der Waals surface area contributed by atoms with Gasteiger partial charge in [0.1, 0.15) is 23.3 Å². The number of hydrogen-bond acceptors (Lipinski definition) is 3. The molecule has 0 heterocycles. The van der Waals surface area contributed by atoms with Crippen molar-refractivity contribution in [3.63, 3.8) is 0 Å². The van der Waals surface area contributed by atoms with Crippen LogP contribution in [0.25, 0.3) is 5.70 Å². The number of aryl methyl sites for hydroxylation is 1. The topological polar surface area (TPSA) is 47.9 Å². The average Bonchev–Trinajstić information content (AvgIpc) is 2.56. The van der Waals surface area contributed by atoms with E-state index in [1.54, 1.807) is 13.0 Å². The van der Waals surface area contributed by atoms with Gasteiger partial charge in [-0.05, 0) is 36.8 Å². The van der Waals surface area contributed by atoms with Gasteiger partial charge >= 0.3 is 0 Å². The number of nitrogens with one attached hydrogen (secondary N) is 2. The molecule has 7 heteroatoms. The Morgan fingerprint density at radius 2 is 1.68 bits per heavy atom. The number of hydrogen-bond donors (Lipinski definition) is 2. The second-order valence-electron chi connectivity index (χ2n) is 5.21. The van der Waals surface area contributed by atoms with Crippen LogP contribution < -0.4 is 10.6 Å². The molecule has 3 nitrogen and oxygen atoms in total. The van der Waals surface area contributed by atoms with E-state index >= 15 is 0 Å². The van der Waals surface area contributed by atoms with Crippen LogP contribution >= 0.6 is 0 Å². The third kappa shape index (κ3) is 3.80. The molecule has 2 aromatic carbocycles. The second kappa shape index (κ2) is 7.09. The van der Waals surface area contributed by atoms with Crippen molar-refractivity contribution in [3.8, 4) is 6.07 Å². The van der Waals surface area contributed by atoms with Gasteiger partial charge in [0, 0.05) is 11.3 Å². The number of halogens is 4. The van der Waals surface area contributed by atoms with Gasteiger partial charge in [0.2, 0.25) is 0 Å². The summed E-state index contributed by atoms with van der Waals surface area (Å²) in [6.07, 6.45) is 0. The van der Waals surface area contributed by atoms with Crippen LogP contribution in [0.3, 0.4) is 0 Å². The van der Waals surface area contributed by atoms with Crippen molar-refractivity contribution < 1.29 is 17.6 Å². The van der Waals surface area contributed by atoms with Crippen LogP contribution in [0.5, 0.6) is 0 Å². The largest absolute Gasteiger partial charge is 0.353 e. The van der Waals surface area contributed by atoms with E-state index in [0.717, 1.165) is 18.2 Å². The van der Waals surface area contributed by atoms with Gasteiger partial charge in [0.15, 0.2) is 17.5 Å². The summed E-state index contributed by atoms with van der Waals surface area (Å²) in [6.45, 7) is 8.41. The minimum Gasteiger partial charge on any atom is -0.353 e. The molecule has 0 aromatic heterocycles. The molecule has 0 aliphatic carbocycles. The van der Waals surface area contributed by atoms with Crippen LogP contribution in [0.15, 0.2) is 43.1 Å². The van der Waals surface area contributed by atoms with Crippen molar-refractivity contribution in [3.05, 3.63) is 77.5 Å². The fourth-order valence-electron chi connectivity index (χ4n) is 2.12. The molecular weight excluding hydrogens is 334 g/mol. The highest BCUT2D eigenvalue weighted by molar-refractivity contribution is 5.78. The molecule has 2 N–H and O–H groups in total. The Balaban J connectivity index is 2.38. The molecular formula is C18H13F4N3. The number of allylic oxidation sites excluding steroid dienone is 1. The number of rotatable bonds is 5. The van der Waals surface area contributed by atoms with Crippen molar-refractivity contribution >= 4 is 17.1 Å². The van der Waals surface area contributed by atoms with E-state index in [0.29, 0.717) is 5.56 Å². The SMILES string of the molecule is C=C(C#N)Nc1c(F)ccc(NC(=C)c2cc(C)cc(F)c2F)c1F. The first-order chi connectivity index (χ1) is 11.7. The maximum atomic E-state index is 14.4. The average molecular weight is 347 g/mol.